The first-order valence-electron chi connectivity index (χ1n) is 5.66. The first kappa shape index (κ1) is 13.5. The molecule has 0 spiro atoms. The third-order valence-corrected chi connectivity index (χ3v) is 2.79. The van der Waals surface area contributed by atoms with E-state index in [1.54, 1.807) is 24.3 Å². The normalized spacial score (nSPS) is 10.3. The van der Waals surface area contributed by atoms with Crippen LogP contribution in [0.1, 0.15) is 21.9 Å². The van der Waals surface area contributed by atoms with Crippen LogP contribution in [0.4, 0.5) is 0 Å². The fourth-order valence-corrected chi connectivity index (χ4v) is 1.82. The van der Waals surface area contributed by atoms with Crippen molar-refractivity contribution in [1.29, 1.82) is 0 Å². The van der Waals surface area contributed by atoms with E-state index in [1.807, 2.05) is 13.0 Å². The number of benzene rings is 1. The maximum absolute atomic E-state index is 11.2. The lowest BCUT2D eigenvalue weighted by Crippen LogP contribution is -1.99. The van der Waals surface area contributed by atoms with Gasteiger partial charge >= 0.3 is 5.97 Å². The number of carbonyl (C=O) groups is 1. The third-order valence-electron chi connectivity index (χ3n) is 2.56. The maximum Gasteiger partial charge on any atom is 0.373 e. The smallest absolute Gasteiger partial charge is 0.373 e. The molecule has 0 saturated carbocycles. The van der Waals surface area contributed by atoms with Crippen LogP contribution >= 0.6 is 11.6 Å². The second kappa shape index (κ2) is 5.80. The summed E-state index contributed by atoms with van der Waals surface area (Å²) in [7, 11) is 1.30. The van der Waals surface area contributed by atoms with E-state index in [1.165, 1.54) is 7.11 Å². The van der Waals surface area contributed by atoms with E-state index in [4.69, 9.17) is 20.8 Å². The summed E-state index contributed by atoms with van der Waals surface area (Å²) in [4.78, 5) is 11.2. The van der Waals surface area contributed by atoms with Gasteiger partial charge in [-0.05, 0) is 42.8 Å². The van der Waals surface area contributed by atoms with E-state index < -0.39 is 5.97 Å². The number of ether oxygens (including phenoxy) is 2. The summed E-state index contributed by atoms with van der Waals surface area (Å²) in [5.74, 6) is 0.929. The molecule has 0 atom stereocenters. The number of carbonyl (C=O) groups excluding carboxylic acids is 1. The Bertz CT molecular complexity index is 589. The molecule has 2 rings (SSSR count). The number of aryl methyl sites for hydroxylation is 1. The Kier molecular flexibility index (Phi) is 4.12. The van der Waals surface area contributed by atoms with Crippen LogP contribution in [0.15, 0.2) is 34.7 Å². The highest BCUT2D eigenvalue weighted by molar-refractivity contribution is 6.30. The fraction of sp³-hybridized carbons (Fsp3) is 0.214. The topological polar surface area (TPSA) is 48.7 Å². The average Bonchev–Trinajstić information content (AvgIpc) is 2.85. The molecule has 1 heterocycles. The SMILES string of the molecule is COC(=O)c1ccc(COc2ccc(Cl)cc2C)o1. The monoisotopic (exact) mass is 280 g/mol. The predicted octanol–water partition coefficient (Wildman–Crippen LogP) is 3.61. The Morgan fingerprint density at radius 1 is 1.32 bits per heavy atom. The Labute approximate surface area is 115 Å². The van der Waals surface area contributed by atoms with Gasteiger partial charge in [-0.25, -0.2) is 4.79 Å². The maximum atomic E-state index is 11.2. The van der Waals surface area contributed by atoms with E-state index in [-0.39, 0.29) is 12.4 Å². The zero-order valence-electron chi connectivity index (χ0n) is 10.6. The summed E-state index contributed by atoms with van der Waals surface area (Å²) in [6, 6.07) is 8.60. The number of rotatable bonds is 4. The molecule has 0 aliphatic carbocycles. The van der Waals surface area contributed by atoms with Crippen LogP contribution in [-0.4, -0.2) is 13.1 Å². The van der Waals surface area contributed by atoms with Crippen LogP contribution in [0.2, 0.25) is 5.02 Å². The molecule has 0 saturated heterocycles. The summed E-state index contributed by atoms with van der Waals surface area (Å²) >= 11 is 5.86. The van der Waals surface area contributed by atoms with Gasteiger partial charge in [-0.1, -0.05) is 11.6 Å². The largest absolute Gasteiger partial charge is 0.485 e. The number of halogens is 1. The molecular formula is C14H13ClO4. The lowest BCUT2D eigenvalue weighted by molar-refractivity contribution is 0.0561. The van der Waals surface area contributed by atoms with Gasteiger partial charge in [0.25, 0.3) is 0 Å². The Balaban J connectivity index is 2.02. The van der Waals surface area contributed by atoms with Crippen molar-refractivity contribution in [3.63, 3.8) is 0 Å². The molecule has 0 aliphatic heterocycles. The molecule has 0 N–H and O–H groups in total. The zero-order valence-corrected chi connectivity index (χ0v) is 11.4. The lowest BCUT2D eigenvalue weighted by atomic mass is 10.2. The zero-order chi connectivity index (χ0) is 13.8. The molecule has 4 nitrogen and oxygen atoms in total. The van der Waals surface area contributed by atoms with Crippen LogP contribution in [0.5, 0.6) is 5.75 Å². The van der Waals surface area contributed by atoms with E-state index in [9.17, 15) is 4.79 Å². The number of hydrogen-bond donors (Lipinski definition) is 0. The first-order valence-corrected chi connectivity index (χ1v) is 6.04. The van der Waals surface area contributed by atoms with Gasteiger partial charge in [0, 0.05) is 5.02 Å². The van der Waals surface area contributed by atoms with Crippen molar-refractivity contribution in [2.45, 2.75) is 13.5 Å². The van der Waals surface area contributed by atoms with Gasteiger partial charge < -0.3 is 13.9 Å². The molecule has 0 radical (unpaired) electrons. The van der Waals surface area contributed by atoms with Gasteiger partial charge in [-0.3, -0.25) is 0 Å². The summed E-state index contributed by atoms with van der Waals surface area (Å²) in [6.45, 7) is 2.14. The van der Waals surface area contributed by atoms with Crippen LogP contribution in [0.25, 0.3) is 0 Å². The van der Waals surface area contributed by atoms with Crippen molar-refractivity contribution >= 4 is 17.6 Å². The van der Waals surface area contributed by atoms with Gasteiger partial charge in [-0.15, -0.1) is 0 Å². The molecule has 0 unspecified atom stereocenters. The molecule has 19 heavy (non-hydrogen) atoms. The molecule has 0 bridgehead atoms. The van der Waals surface area contributed by atoms with Crippen molar-refractivity contribution in [2.75, 3.05) is 7.11 Å². The highest BCUT2D eigenvalue weighted by atomic mass is 35.5. The number of furan rings is 1. The molecule has 2 aromatic rings. The minimum absolute atomic E-state index is 0.161. The Morgan fingerprint density at radius 3 is 2.79 bits per heavy atom. The number of esters is 1. The van der Waals surface area contributed by atoms with Crippen molar-refractivity contribution in [1.82, 2.24) is 0 Å². The van der Waals surface area contributed by atoms with Crippen LogP contribution in [0, 0.1) is 6.92 Å². The summed E-state index contributed by atoms with van der Waals surface area (Å²) in [6.07, 6.45) is 0. The molecule has 100 valence electrons. The minimum Gasteiger partial charge on any atom is -0.485 e. The Hall–Kier alpha value is -1.94. The van der Waals surface area contributed by atoms with Crippen molar-refractivity contribution in [2.24, 2.45) is 0 Å². The van der Waals surface area contributed by atoms with Crippen LogP contribution in [-0.2, 0) is 11.3 Å². The summed E-state index contributed by atoms with van der Waals surface area (Å²) in [5, 5.41) is 0.663. The van der Waals surface area contributed by atoms with Gasteiger partial charge in [0.15, 0.2) is 0 Å². The molecular weight excluding hydrogens is 268 g/mol. The van der Waals surface area contributed by atoms with Crippen LogP contribution in [0.3, 0.4) is 0 Å². The molecule has 0 aliphatic rings. The van der Waals surface area contributed by atoms with E-state index >= 15 is 0 Å². The van der Waals surface area contributed by atoms with E-state index in [2.05, 4.69) is 4.74 Å². The summed E-state index contributed by atoms with van der Waals surface area (Å²) < 4.78 is 15.5. The molecule has 5 heteroatoms. The van der Waals surface area contributed by atoms with Crippen LogP contribution < -0.4 is 4.74 Å². The van der Waals surface area contributed by atoms with Crippen molar-refractivity contribution < 1.29 is 18.7 Å². The quantitative estimate of drug-likeness (QED) is 0.803. The Morgan fingerprint density at radius 2 is 2.11 bits per heavy atom. The summed E-state index contributed by atoms with van der Waals surface area (Å²) in [5.41, 5.74) is 0.937. The molecule has 1 aromatic heterocycles. The van der Waals surface area contributed by atoms with Gasteiger partial charge in [-0.2, -0.15) is 0 Å². The third kappa shape index (κ3) is 3.29. The minimum atomic E-state index is -0.506. The average molecular weight is 281 g/mol. The molecule has 0 fully saturated rings. The number of hydrogen-bond acceptors (Lipinski definition) is 4. The standard InChI is InChI=1S/C14H13ClO4/c1-9-7-10(15)3-5-12(9)18-8-11-4-6-13(19-11)14(16)17-2/h3-7H,8H2,1-2H3. The van der Waals surface area contributed by atoms with E-state index in [0.717, 1.165) is 11.3 Å². The van der Waals surface area contributed by atoms with Gasteiger partial charge in [0.1, 0.15) is 18.1 Å². The molecule has 1 aromatic carbocycles. The first-order chi connectivity index (χ1) is 9.10. The second-order valence-electron chi connectivity index (χ2n) is 3.96. The highest BCUT2D eigenvalue weighted by Gasteiger charge is 2.11. The van der Waals surface area contributed by atoms with E-state index in [0.29, 0.717) is 10.8 Å². The molecule has 0 amide bonds. The highest BCUT2D eigenvalue weighted by Crippen LogP contribution is 2.23. The lowest BCUT2D eigenvalue weighted by Gasteiger charge is -2.07. The van der Waals surface area contributed by atoms with Crippen molar-refractivity contribution in [3.05, 3.63) is 52.4 Å². The fourth-order valence-electron chi connectivity index (χ4n) is 1.59. The van der Waals surface area contributed by atoms with Gasteiger partial charge in [0.05, 0.1) is 7.11 Å². The predicted molar refractivity (Wildman–Crippen MR) is 70.6 cm³/mol. The van der Waals surface area contributed by atoms with Crippen molar-refractivity contribution in [3.8, 4) is 5.75 Å². The van der Waals surface area contributed by atoms with Gasteiger partial charge in [0.2, 0.25) is 5.76 Å². The second-order valence-corrected chi connectivity index (χ2v) is 4.39. The number of methoxy groups -OCH3 is 1.